The zero-order valence-corrected chi connectivity index (χ0v) is 14.3. The maximum atomic E-state index is 12.8. The van der Waals surface area contributed by atoms with Gasteiger partial charge in [-0.3, -0.25) is 4.79 Å². The Labute approximate surface area is 132 Å². The van der Waals surface area contributed by atoms with Crippen LogP contribution in [0.5, 0.6) is 0 Å². The maximum Gasteiger partial charge on any atom is 0.259 e. The van der Waals surface area contributed by atoms with Crippen molar-refractivity contribution in [3.05, 3.63) is 17.0 Å². The van der Waals surface area contributed by atoms with Gasteiger partial charge in [0.25, 0.3) is 5.91 Å². The third kappa shape index (κ3) is 3.40. The lowest BCUT2D eigenvalue weighted by atomic mass is 9.79. The van der Waals surface area contributed by atoms with E-state index >= 15 is 0 Å². The van der Waals surface area contributed by atoms with Crippen LogP contribution in [0.1, 0.15) is 61.8 Å². The topological polar surface area (TPSA) is 72.4 Å². The van der Waals surface area contributed by atoms with Gasteiger partial charge in [0, 0.05) is 25.0 Å². The number of carbonyl (C=O) groups is 1. The predicted molar refractivity (Wildman–Crippen MR) is 84.9 cm³/mol. The third-order valence-electron chi connectivity index (χ3n) is 4.23. The molecule has 0 spiro atoms. The fourth-order valence-corrected chi connectivity index (χ4v) is 2.75. The van der Waals surface area contributed by atoms with E-state index in [2.05, 4.69) is 19.0 Å². The Morgan fingerprint density at radius 1 is 1.48 bits per heavy atom. The first-order valence-electron chi connectivity index (χ1n) is 7.25. The Morgan fingerprint density at radius 3 is 2.62 bits per heavy atom. The summed E-state index contributed by atoms with van der Waals surface area (Å²) in [6.07, 6.45) is 0.833. The second-order valence-corrected chi connectivity index (χ2v) is 6.77. The van der Waals surface area contributed by atoms with Gasteiger partial charge in [-0.15, -0.1) is 12.4 Å². The van der Waals surface area contributed by atoms with E-state index in [9.17, 15) is 4.79 Å². The van der Waals surface area contributed by atoms with Crippen LogP contribution in [0.3, 0.4) is 0 Å². The van der Waals surface area contributed by atoms with E-state index in [0.717, 1.165) is 6.42 Å². The van der Waals surface area contributed by atoms with Gasteiger partial charge in [-0.2, -0.15) is 0 Å². The number of aromatic nitrogens is 1. The van der Waals surface area contributed by atoms with Crippen molar-refractivity contribution in [3.8, 4) is 0 Å². The highest BCUT2D eigenvalue weighted by molar-refractivity contribution is 5.96. The van der Waals surface area contributed by atoms with Gasteiger partial charge in [0.1, 0.15) is 5.56 Å². The van der Waals surface area contributed by atoms with E-state index in [1.165, 1.54) is 0 Å². The molecule has 1 fully saturated rings. The van der Waals surface area contributed by atoms with E-state index in [1.54, 1.807) is 0 Å². The molecule has 1 aromatic heterocycles. The molecular weight excluding hydrogens is 290 g/mol. The van der Waals surface area contributed by atoms with Crippen LogP contribution in [-0.4, -0.2) is 35.1 Å². The zero-order chi connectivity index (χ0) is 15.1. The molecule has 1 amide bonds. The van der Waals surface area contributed by atoms with E-state index in [-0.39, 0.29) is 35.7 Å². The number of piperidine rings is 1. The van der Waals surface area contributed by atoms with Crippen LogP contribution >= 0.6 is 12.4 Å². The number of aryl methyl sites for hydroxylation is 1. The van der Waals surface area contributed by atoms with Crippen LogP contribution in [0.4, 0.5) is 0 Å². The van der Waals surface area contributed by atoms with Crippen molar-refractivity contribution in [1.29, 1.82) is 0 Å². The lowest BCUT2D eigenvalue weighted by molar-refractivity contribution is 0.0529. The fourth-order valence-electron chi connectivity index (χ4n) is 2.75. The van der Waals surface area contributed by atoms with Crippen LogP contribution in [-0.2, 0) is 0 Å². The van der Waals surface area contributed by atoms with Gasteiger partial charge in [0.2, 0.25) is 0 Å². The normalized spacial score (nSPS) is 21.3. The molecule has 0 bridgehead atoms. The Balaban J connectivity index is 0.00000220. The molecule has 2 N–H and O–H groups in total. The average Bonchev–Trinajstić information content (AvgIpc) is 2.74. The molecule has 5 nitrogen and oxygen atoms in total. The van der Waals surface area contributed by atoms with Crippen LogP contribution in [0.25, 0.3) is 0 Å². The molecule has 0 saturated carbocycles. The number of rotatable bonds is 2. The quantitative estimate of drug-likeness (QED) is 0.910. The van der Waals surface area contributed by atoms with Gasteiger partial charge >= 0.3 is 0 Å². The molecule has 0 aliphatic carbocycles. The monoisotopic (exact) mass is 315 g/mol. The predicted octanol–water partition coefficient (Wildman–Crippen LogP) is 2.73. The summed E-state index contributed by atoms with van der Waals surface area (Å²) in [7, 11) is 0. The minimum atomic E-state index is -0.0586. The average molecular weight is 316 g/mol. The van der Waals surface area contributed by atoms with Crippen molar-refractivity contribution in [2.75, 3.05) is 13.1 Å². The molecule has 1 saturated heterocycles. The summed E-state index contributed by atoms with van der Waals surface area (Å²) in [5.41, 5.74) is 7.38. The summed E-state index contributed by atoms with van der Waals surface area (Å²) in [5, 5.41) is 3.96. The fraction of sp³-hybridized carbons (Fsp3) is 0.733. The lowest BCUT2D eigenvalue weighted by Crippen LogP contribution is -2.54. The summed E-state index contributed by atoms with van der Waals surface area (Å²) in [5.74, 6) is 0.850. The number of nitrogens with zero attached hydrogens (tertiary/aromatic N) is 2. The van der Waals surface area contributed by atoms with E-state index < -0.39 is 0 Å². The molecule has 21 heavy (non-hydrogen) atoms. The molecule has 1 atom stereocenters. The molecule has 6 heteroatoms. The number of likely N-dealkylation sites (tertiary alicyclic amines) is 1. The molecule has 1 aliphatic rings. The van der Waals surface area contributed by atoms with Crippen molar-refractivity contribution < 1.29 is 9.32 Å². The zero-order valence-electron chi connectivity index (χ0n) is 13.5. The highest BCUT2D eigenvalue weighted by Crippen LogP contribution is 2.30. The van der Waals surface area contributed by atoms with Gasteiger partial charge < -0.3 is 15.2 Å². The highest BCUT2D eigenvalue weighted by atomic mass is 35.5. The number of hydrogen-bond donors (Lipinski definition) is 1. The first-order valence-corrected chi connectivity index (χ1v) is 7.25. The van der Waals surface area contributed by atoms with Crippen molar-refractivity contribution in [2.24, 2.45) is 11.1 Å². The second-order valence-electron chi connectivity index (χ2n) is 6.77. The largest absolute Gasteiger partial charge is 0.360 e. The van der Waals surface area contributed by atoms with Crippen molar-refractivity contribution >= 4 is 18.3 Å². The smallest absolute Gasteiger partial charge is 0.259 e. The van der Waals surface area contributed by atoms with Gasteiger partial charge in [-0.1, -0.05) is 32.9 Å². The number of amides is 1. The SMILES string of the molecule is Cc1noc(C(C)C)c1C(=O)N1CCC(N)C(C)(C)C1.Cl. The Hall–Kier alpha value is -1.07. The van der Waals surface area contributed by atoms with E-state index in [4.69, 9.17) is 10.3 Å². The summed E-state index contributed by atoms with van der Waals surface area (Å²) in [4.78, 5) is 14.7. The van der Waals surface area contributed by atoms with Crippen molar-refractivity contribution in [2.45, 2.75) is 53.0 Å². The van der Waals surface area contributed by atoms with Gasteiger partial charge in [0.15, 0.2) is 5.76 Å². The summed E-state index contributed by atoms with van der Waals surface area (Å²) >= 11 is 0. The second kappa shape index (κ2) is 6.36. The van der Waals surface area contributed by atoms with Crippen LogP contribution < -0.4 is 5.73 Å². The van der Waals surface area contributed by atoms with Crippen LogP contribution in [0.2, 0.25) is 0 Å². The van der Waals surface area contributed by atoms with Crippen LogP contribution in [0, 0.1) is 12.3 Å². The maximum absolute atomic E-state index is 12.8. The third-order valence-corrected chi connectivity index (χ3v) is 4.23. The number of halogens is 1. The number of nitrogens with two attached hydrogens (primary N) is 1. The molecule has 0 aromatic carbocycles. The minimum Gasteiger partial charge on any atom is -0.360 e. The highest BCUT2D eigenvalue weighted by Gasteiger charge is 2.37. The minimum absolute atomic E-state index is 0. The first-order chi connectivity index (χ1) is 9.24. The van der Waals surface area contributed by atoms with Gasteiger partial charge in [-0.25, -0.2) is 0 Å². The van der Waals surface area contributed by atoms with Crippen LogP contribution in [0.15, 0.2) is 4.52 Å². The molecule has 120 valence electrons. The molecular formula is C15H26ClN3O2. The Bertz CT molecular complexity index is 511. The summed E-state index contributed by atoms with van der Waals surface area (Å²) in [6.45, 7) is 11.4. The molecule has 1 aromatic rings. The number of carbonyl (C=O) groups excluding carboxylic acids is 1. The molecule has 2 heterocycles. The molecule has 1 unspecified atom stereocenters. The number of hydrogen-bond acceptors (Lipinski definition) is 4. The van der Waals surface area contributed by atoms with E-state index in [1.807, 2.05) is 25.7 Å². The summed E-state index contributed by atoms with van der Waals surface area (Å²) in [6, 6.07) is 0.139. The Morgan fingerprint density at radius 2 is 2.10 bits per heavy atom. The van der Waals surface area contributed by atoms with E-state index in [0.29, 0.717) is 30.1 Å². The molecule has 2 rings (SSSR count). The summed E-state index contributed by atoms with van der Waals surface area (Å²) < 4.78 is 5.32. The van der Waals surface area contributed by atoms with Gasteiger partial charge in [0.05, 0.1) is 5.69 Å². The molecule has 0 radical (unpaired) electrons. The lowest BCUT2D eigenvalue weighted by Gasteiger charge is -2.42. The Kier molecular flexibility index (Phi) is 5.45. The van der Waals surface area contributed by atoms with Gasteiger partial charge in [-0.05, 0) is 18.8 Å². The van der Waals surface area contributed by atoms with Crippen molar-refractivity contribution in [3.63, 3.8) is 0 Å². The standard InChI is InChI=1S/C15H25N3O2.ClH/c1-9(2)13-12(10(3)17-20-13)14(19)18-7-6-11(16)15(4,5)8-18;/h9,11H,6-8,16H2,1-5H3;1H. The first kappa shape index (κ1) is 18.0. The molecule has 1 aliphatic heterocycles. The van der Waals surface area contributed by atoms with Crippen molar-refractivity contribution in [1.82, 2.24) is 10.1 Å².